The number of aromatic amines is 1. The summed E-state index contributed by atoms with van der Waals surface area (Å²) in [4.78, 5) is 32.3. The van der Waals surface area contributed by atoms with Crippen molar-refractivity contribution in [2.75, 3.05) is 11.9 Å². The molecule has 2 amide bonds. The van der Waals surface area contributed by atoms with Crippen molar-refractivity contribution < 1.29 is 14.0 Å². The molecule has 0 spiro atoms. The maximum Gasteiger partial charge on any atom is 0.255 e. The molecule has 0 saturated carbocycles. The third-order valence-electron chi connectivity index (χ3n) is 5.40. The van der Waals surface area contributed by atoms with Gasteiger partial charge in [-0.05, 0) is 54.6 Å². The SMILES string of the molecule is O=C(Nc1cccc(-c2cc(-c3cc4c([nH]3)CCNC4=O)ccn2)c1)c1ccc(F)cc1. The van der Waals surface area contributed by atoms with Crippen LogP contribution in [0.4, 0.5) is 10.1 Å². The van der Waals surface area contributed by atoms with Crippen molar-refractivity contribution in [1.82, 2.24) is 15.3 Å². The molecule has 0 aliphatic carbocycles. The third-order valence-corrected chi connectivity index (χ3v) is 5.40. The summed E-state index contributed by atoms with van der Waals surface area (Å²) in [5.41, 5.74) is 5.93. The second-order valence-electron chi connectivity index (χ2n) is 7.55. The minimum Gasteiger partial charge on any atom is -0.358 e. The van der Waals surface area contributed by atoms with E-state index in [9.17, 15) is 14.0 Å². The number of H-pyrrole nitrogens is 1. The topological polar surface area (TPSA) is 86.9 Å². The van der Waals surface area contributed by atoms with E-state index in [1.807, 2.05) is 36.4 Å². The Bertz CT molecular complexity index is 1330. The van der Waals surface area contributed by atoms with Crippen LogP contribution in [0.5, 0.6) is 0 Å². The molecule has 0 fully saturated rings. The highest BCUT2D eigenvalue weighted by Gasteiger charge is 2.20. The first kappa shape index (κ1) is 19.7. The number of benzene rings is 2. The van der Waals surface area contributed by atoms with Crippen molar-refractivity contribution >= 4 is 17.5 Å². The Labute approximate surface area is 183 Å². The zero-order chi connectivity index (χ0) is 22.1. The molecule has 2 aromatic carbocycles. The van der Waals surface area contributed by atoms with E-state index in [2.05, 4.69) is 20.6 Å². The van der Waals surface area contributed by atoms with Gasteiger partial charge < -0.3 is 15.6 Å². The second kappa shape index (κ2) is 8.11. The van der Waals surface area contributed by atoms with E-state index < -0.39 is 5.82 Å². The first-order chi connectivity index (χ1) is 15.6. The van der Waals surface area contributed by atoms with Crippen molar-refractivity contribution in [3.63, 3.8) is 0 Å². The first-order valence-electron chi connectivity index (χ1n) is 10.2. The van der Waals surface area contributed by atoms with Crippen molar-refractivity contribution in [2.45, 2.75) is 6.42 Å². The number of rotatable bonds is 4. The Hall–Kier alpha value is -4.26. The van der Waals surface area contributed by atoms with Crippen LogP contribution < -0.4 is 10.6 Å². The average molecular weight is 426 g/mol. The third kappa shape index (κ3) is 3.88. The number of aromatic nitrogens is 2. The van der Waals surface area contributed by atoms with Gasteiger partial charge in [0.25, 0.3) is 11.8 Å². The molecule has 0 radical (unpaired) electrons. The Morgan fingerprint density at radius 3 is 2.66 bits per heavy atom. The highest BCUT2D eigenvalue weighted by atomic mass is 19.1. The van der Waals surface area contributed by atoms with Crippen LogP contribution in [0.15, 0.2) is 72.9 Å². The number of nitrogens with zero attached hydrogens (tertiary/aromatic N) is 1. The summed E-state index contributed by atoms with van der Waals surface area (Å²) in [5.74, 6) is -0.773. The molecule has 6 nitrogen and oxygen atoms in total. The number of nitrogens with one attached hydrogen (secondary N) is 3. The Kier molecular flexibility index (Phi) is 4.99. The van der Waals surface area contributed by atoms with Crippen LogP contribution in [-0.4, -0.2) is 28.3 Å². The van der Waals surface area contributed by atoms with Crippen LogP contribution in [-0.2, 0) is 6.42 Å². The molecule has 2 aromatic heterocycles. The van der Waals surface area contributed by atoms with E-state index >= 15 is 0 Å². The summed E-state index contributed by atoms with van der Waals surface area (Å²) in [6.07, 6.45) is 2.49. The Morgan fingerprint density at radius 2 is 1.84 bits per heavy atom. The maximum absolute atomic E-state index is 13.1. The lowest BCUT2D eigenvalue weighted by Gasteiger charge is -2.11. The van der Waals surface area contributed by atoms with Crippen molar-refractivity contribution in [1.29, 1.82) is 0 Å². The number of anilines is 1. The van der Waals surface area contributed by atoms with Crippen LogP contribution in [0.25, 0.3) is 22.5 Å². The molecule has 5 rings (SSSR count). The Balaban J connectivity index is 1.41. The van der Waals surface area contributed by atoms with Gasteiger partial charge in [0.15, 0.2) is 0 Å². The van der Waals surface area contributed by atoms with Gasteiger partial charge in [0.2, 0.25) is 0 Å². The lowest BCUT2D eigenvalue weighted by atomic mass is 10.1. The van der Waals surface area contributed by atoms with E-state index in [-0.39, 0.29) is 11.8 Å². The number of halogens is 1. The fourth-order valence-corrected chi connectivity index (χ4v) is 3.77. The summed E-state index contributed by atoms with van der Waals surface area (Å²) >= 11 is 0. The quantitative estimate of drug-likeness (QED) is 0.451. The predicted octanol–water partition coefficient (Wildman–Crippen LogP) is 4.42. The standard InChI is InChI=1S/C25H19FN4O2/c26-18-6-4-15(5-7-18)24(31)29-19-3-1-2-16(12-19)22-13-17(8-10-27-22)23-14-20-21(30-23)9-11-28-25(20)32/h1-8,10,12-14,30H,9,11H2,(H,28,32)(H,29,31). The summed E-state index contributed by atoms with van der Waals surface area (Å²) in [5, 5.41) is 5.68. The lowest BCUT2D eigenvalue weighted by molar-refractivity contribution is 0.0945. The molecule has 3 N–H and O–H groups in total. The molecule has 1 aliphatic heterocycles. The van der Waals surface area contributed by atoms with Gasteiger partial charge in [0.1, 0.15) is 5.82 Å². The summed E-state index contributed by atoms with van der Waals surface area (Å²) in [6, 6.07) is 18.4. The van der Waals surface area contributed by atoms with E-state index in [0.717, 1.165) is 34.6 Å². The summed E-state index contributed by atoms with van der Waals surface area (Å²) in [6.45, 7) is 0.629. The molecule has 4 aromatic rings. The Morgan fingerprint density at radius 1 is 1.00 bits per heavy atom. The molecule has 0 saturated heterocycles. The number of hydrogen-bond donors (Lipinski definition) is 3. The molecule has 158 valence electrons. The number of carbonyl (C=O) groups is 2. The molecule has 0 atom stereocenters. The lowest BCUT2D eigenvalue weighted by Crippen LogP contribution is -2.31. The second-order valence-corrected chi connectivity index (χ2v) is 7.55. The fourth-order valence-electron chi connectivity index (χ4n) is 3.77. The minimum absolute atomic E-state index is 0.0624. The smallest absolute Gasteiger partial charge is 0.255 e. The van der Waals surface area contributed by atoms with Gasteiger partial charge in [-0.25, -0.2) is 4.39 Å². The van der Waals surface area contributed by atoms with Crippen LogP contribution in [0.1, 0.15) is 26.4 Å². The number of pyridine rings is 1. The molecule has 3 heterocycles. The zero-order valence-corrected chi connectivity index (χ0v) is 17.0. The minimum atomic E-state index is -0.391. The van der Waals surface area contributed by atoms with Crippen molar-refractivity contribution in [3.8, 4) is 22.5 Å². The van der Waals surface area contributed by atoms with Gasteiger partial charge in [-0.3, -0.25) is 14.6 Å². The van der Waals surface area contributed by atoms with Crippen LogP contribution in [0.2, 0.25) is 0 Å². The van der Waals surface area contributed by atoms with Crippen LogP contribution in [0.3, 0.4) is 0 Å². The van der Waals surface area contributed by atoms with Gasteiger partial charge in [0.05, 0.1) is 11.3 Å². The summed E-state index contributed by atoms with van der Waals surface area (Å²) < 4.78 is 13.1. The summed E-state index contributed by atoms with van der Waals surface area (Å²) in [7, 11) is 0. The maximum atomic E-state index is 13.1. The van der Waals surface area contributed by atoms with E-state index in [1.165, 1.54) is 24.3 Å². The molecule has 1 aliphatic rings. The van der Waals surface area contributed by atoms with Gasteiger partial charge in [-0.15, -0.1) is 0 Å². The number of amides is 2. The van der Waals surface area contributed by atoms with E-state index in [4.69, 9.17) is 0 Å². The van der Waals surface area contributed by atoms with Crippen molar-refractivity contribution in [2.24, 2.45) is 0 Å². The largest absolute Gasteiger partial charge is 0.358 e. The predicted molar refractivity (Wildman–Crippen MR) is 120 cm³/mol. The first-order valence-corrected chi connectivity index (χ1v) is 10.2. The number of carbonyl (C=O) groups excluding carboxylic acids is 2. The monoisotopic (exact) mass is 426 g/mol. The van der Waals surface area contributed by atoms with E-state index in [0.29, 0.717) is 23.4 Å². The van der Waals surface area contributed by atoms with Crippen LogP contribution >= 0.6 is 0 Å². The normalized spacial score (nSPS) is 12.7. The molecular formula is C25H19FN4O2. The van der Waals surface area contributed by atoms with Gasteiger partial charge in [-0.1, -0.05) is 12.1 Å². The number of fused-ring (bicyclic) bond motifs is 1. The average Bonchev–Trinajstić information content (AvgIpc) is 3.26. The highest BCUT2D eigenvalue weighted by molar-refractivity contribution is 6.04. The van der Waals surface area contributed by atoms with Gasteiger partial charge >= 0.3 is 0 Å². The molecule has 0 bridgehead atoms. The highest BCUT2D eigenvalue weighted by Crippen LogP contribution is 2.28. The molecular weight excluding hydrogens is 407 g/mol. The molecule has 7 heteroatoms. The molecule has 0 unspecified atom stereocenters. The van der Waals surface area contributed by atoms with Crippen molar-refractivity contribution in [3.05, 3.63) is 95.6 Å². The van der Waals surface area contributed by atoms with Crippen LogP contribution in [0, 0.1) is 5.82 Å². The number of hydrogen-bond acceptors (Lipinski definition) is 3. The van der Waals surface area contributed by atoms with Gasteiger partial charge in [-0.2, -0.15) is 0 Å². The van der Waals surface area contributed by atoms with E-state index in [1.54, 1.807) is 12.3 Å². The molecule has 32 heavy (non-hydrogen) atoms. The fraction of sp³-hybridized carbons (Fsp3) is 0.0800. The van der Waals surface area contributed by atoms with Gasteiger partial charge in [0, 0.05) is 52.9 Å². The zero-order valence-electron chi connectivity index (χ0n) is 17.0.